The summed E-state index contributed by atoms with van der Waals surface area (Å²) in [6, 6.07) is 5.81. The Labute approximate surface area is 108 Å². The number of benzene rings is 1. The Bertz CT molecular complexity index is 681. The standard InChI is InChI=1S/C12H8FN3O.ClH/c13-9-3-1-8(2-4-9)11-12(17)16-6-5-14-7-10(16)15-11;/h1-7,17H;1H. The molecule has 2 aromatic heterocycles. The van der Waals surface area contributed by atoms with Gasteiger partial charge in [-0.1, -0.05) is 0 Å². The molecule has 4 nitrogen and oxygen atoms in total. The zero-order chi connectivity index (χ0) is 11.8. The quantitative estimate of drug-likeness (QED) is 0.736. The molecular weight excluding hydrogens is 257 g/mol. The average Bonchev–Trinajstić information content (AvgIpc) is 2.69. The average molecular weight is 266 g/mol. The van der Waals surface area contributed by atoms with Gasteiger partial charge < -0.3 is 5.11 Å². The van der Waals surface area contributed by atoms with Gasteiger partial charge in [0.2, 0.25) is 5.88 Å². The van der Waals surface area contributed by atoms with Crippen molar-refractivity contribution in [2.45, 2.75) is 0 Å². The highest BCUT2D eigenvalue weighted by Gasteiger charge is 2.12. The monoisotopic (exact) mass is 265 g/mol. The molecule has 3 rings (SSSR count). The first-order valence-corrected chi connectivity index (χ1v) is 5.02. The molecule has 1 N–H and O–H groups in total. The Morgan fingerprint density at radius 1 is 1.17 bits per heavy atom. The summed E-state index contributed by atoms with van der Waals surface area (Å²) >= 11 is 0. The highest BCUT2D eigenvalue weighted by Crippen LogP contribution is 2.28. The van der Waals surface area contributed by atoms with Gasteiger partial charge in [-0.2, -0.15) is 0 Å². The molecule has 0 saturated carbocycles. The number of imidazole rings is 1. The number of fused-ring (bicyclic) bond motifs is 1. The van der Waals surface area contributed by atoms with Crippen LogP contribution in [0.15, 0.2) is 42.9 Å². The minimum atomic E-state index is -0.321. The van der Waals surface area contributed by atoms with Crippen molar-refractivity contribution >= 4 is 18.1 Å². The van der Waals surface area contributed by atoms with Crippen LogP contribution in [0, 0.1) is 5.82 Å². The second kappa shape index (κ2) is 4.62. The number of aromatic hydroxyl groups is 1. The van der Waals surface area contributed by atoms with Gasteiger partial charge in [-0.3, -0.25) is 9.38 Å². The summed E-state index contributed by atoms with van der Waals surface area (Å²) in [6.07, 6.45) is 4.72. The Morgan fingerprint density at radius 2 is 1.89 bits per heavy atom. The van der Waals surface area contributed by atoms with E-state index in [2.05, 4.69) is 9.97 Å². The molecule has 0 amide bonds. The number of rotatable bonds is 1. The molecule has 0 spiro atoms. The van der Waals surface area contributed by atoms with Crippen LogP contribution in [0.3, 0.4) is 0 Å². The fourth-order valence-electron chi connectivity index (χ4n) is 1.70. The summed E-state index contributed by atoms with van der Waals surface area (Å²) in [5.74, 6) is -0.298. The maximum Gasteiger partial charge on any atom is 0.224 e. The Kier molecular flexibility index (Phi) is 3.16. The zero-order valence-electron chi connectivity index (χ0n) is 9.12. The molecule has 18 heavy (non-hydrogen) atoms. The summed E-state index contributed by atoms with van der Waals surface area (Å²) < 4.78 is 14.3. The maximum absolute atomic E-state index is 12.8. The molecule has 0 aliphatic rings. The molecule has 0 saturated heterocycles. The number of hydrogen-bond acceptors (Lipinski definition) is 3. The smallest absolute Gasteiger partial charge is 0.224 e. The van der Waals surface area contributed by atoms with Crippen LogP contribution < -0.4 is 0 Å². The van der Waals surface area contributed by atoms with Crippen molar-refractivity contribution in [3.8, 4) is 17.1 Å². The fraction of sp³-hybridized carbons (Fsp3) is 0. The first-order chi connectivity index (χ1) is 8.25. The van der Waals surface area contributed by atoms with E-state index in [1.165, 1.54) is 16.5 Å². The molecule has 3 aromatic rings. The molecule has 0 unspecified atom stereocenters. The predicted octanol–water partition coefficient (Wildman–Crippen LogP) is 2.66. The fourth-order valence-corrected chi connectivity index (χ4v) is 1.70. The summed E-state index contributed by atoms with van der Waals surface area (Å²) in [7, 11) is 0. The summed E-state index contributed by atoms with van der Waals surface area (Å²) in [6.45, 7) is 0. The van der Waals surface area contributed by atoms with E-state index in [4.69, 9.17) is 0 Å². The van der Waals surface area contributed by atoms with Crippen molar-refractivity contribution in [3.05, 3.63) is 48.7 Å². The third-order valence-electron chi connectivity index (χ3n) is 2.52. The van der Waals surface area contributed by atoms with E-state index in [1.54, 1.807) is 30.7 Å². The van der Waals surface area contributed by atoms with Gasteiger partial charge in [0.15, 0.2) is 5.65 Å². The third kappa shape index (κ3) is 1.89. The van der Waals surface area contributed by atoms with Gasteiger partial charge in [-0.15, -0.1) is 12.4 Å². The molecule has 0 aliphatic heterocycles. The topological polar surface area (TPSA) is 50.4 Å². The van der Waals surface area contributed by atoms with Gasteiger partial charge in [0, 0.05) is 18.0 Å². The molecule has 0 bridgehead atoms. The Balaban J connectivity index is 0.00000120. The van der Waals surface area contributed by atoms with Crippen molar-refractivity contribution in [3.63, 3.8) is 0 Å². The minimum absolute atomic E-state index is 0. The highest BCUT2D eigenvalue weighted by atomic mass is 35.5. The molecule has 2 heterocycles. The van der Waals surface area contributed by atoms with Crippen LogP contribution in [0.5, 0.6) is 5.88 Å². The van der Waals surface area contributed by atoms with Crippen LogP contribution in [0.2, 0.25) is 0 Å². The van der Waals surface area contributed by atoms with Crippen LogP contribution in [0.1, 0.15) is 0 Å². The van der Waals surface area contributed by atoms with Gasteiger partial charge in [-0.25, -0.2) is 9.37 Å². The second-order valence-corrected chi connectivity index (χ2v) is 3.60. The van der Waals surface area contributed by atoms with Gasteiger partial charge in [0.1, 0.15) is 11.5 Å². The van der Waals surface area contributed by atoms with E-state index in [0.717, 1.165) is 0 Å². The molecule has 0 aliphatic carbocycles. The van der Waals surface area contributed by atoms with E-state index in [1.807, 2.05) is 0 Å². The normalized spacial score (nSPS) is 10.3. The lowest BCUT2D eigenvalue weighted by atomic mass is 10.1. The van der Waals surface area contributed by atoms with Crippen LogP contribution in [-0.4, -0.2) is 19.5 Å². The van der Waals surface area contributed by atoms with Crippen LogP contribution >= 0.6 is 12.4 Å². The highest BCUT2D eigenvalue weighted by molar-refractivity contribution is 5.85. The van der Waals surface area contributed by atoms with Gasteiger partial charge in [-0.05, 0) is 24.3 Å². The first-order valence-electron chi connectivity index (χ1n) is 5.02. The van der Waals surface area contributed by atoms with E-state index in [9.17, 15) is 9.50 Å². The maximum atomic E-state index is 12.8. The number of aromatic nitrogens is 3. The minimum Gasteiger partial charge on any atom is -0.493 e. The molecule has 6 heteroatoms. The van der Waals surface area contributed by atoms with E-state index >= 15 is 0 Å². The lowest BCUT2D eigenvalue weighted by molar-refractivity contribution is 0.450. The van der Waals surface area contributed by atoms with Crippen molar-refractivity contribution < 1.29 is 9.50 Å². The first kappa shape index (κ1) is 12.3. The summed E-state index contributed by atoms with van der Waals surface area (Å²) in [5, 5.41) is 9.99. The molecule has 0 radical (unpaired) electrons. The molecule has 0 fully saturated rings. The van der Waals surface area contributed by atoms with Crippen LogP contribution in [0.25, 0.3) is 16.9 Å². The van der Waals surface area contributed by atoms with Gasteiger partial charge >= 0.3 is 0 Å². The van der Waals surface area contributed by atoms with Crippen molar-refractivity contribution in [1.29, 1.82) is 0 Å². The lowest BCUT2D eigenvalue weighted by Gasteiger charge is -1.97. The summed E-state index contributed by atoms with van der Waals surface area (Å²) in [5.41, 5.74) is 1.62. The van der Waals surface area contributed by atoms with Crippen molar-refractivity contribution in [2.24, 2.45) is 0 Å². The van der Waals surface area contributed by atoms with Crippen LogP contribution in [0.4, 0.5) is 4.39 Å². The summed E-state index contributed by atoms with van der Waals surface area (Å²) in [4.78, 5) is 8.16. The largest absolute Gasteiger partial charge is 0.493 e. The van der Waals surface area contributed by atoms with Crippen LogP contribution in [-0.2, 0) is 0 Å². The third-order valence-corrected chi connectivity index (χ3v) is 2.52. The SMILES string of the molecule is Cl.Oc1c(-c2ccc(F)cc2)nc2cnccn12. The zero-order valence-corrected chi connectivity index (χ0v) is 9.93. The van der Waals surface area contributed by atoms with E-state index < -0.39 is 0 Å². The lowest BCUT2D eigenvalue weighted by Crippen LogP contribution is -1.83. The Morgan fingerprint density at radius 3 is 2.56 bits per heavy atom. The Hall–Kier alpha value is -2.14. The molecular formula is C12H9ClFN3O. The van der Waals surface area contributed by atoms with Crippen molar-refractivity contribution in [2.75, 3.05) is 0 Å². The van der Waals surface area contributed by atoms with Gasteiger partial charge in [0.25, 0.3) is 0 Å². The number of nitrogens with zero attached hydrogens (tertiary/aromatic N) is 3. The number of halogens is 2. The predicted molar refractivity (Wildman–Crippen MR) is 67.3 cm³/mol. The van der Waals surface area contributed by atoms with E-state index in [0.29, 0.717) is 16.9 Å². The van der Waals surface area contributed by atoms with Gasteiger partial charge in [0.05, 0.1) is 6.20 Å². The van der Waals surface area contributed by atoms with Crippen molar-refractivity contribution in [1.82, 2.24) is 14.4 Å². The molecule has 0 atom stereocenters. The van der Waals surface area contributed by atoms with E-state index in [-0.39, 0.29) is 24.1 Å². The number of hydrogen-bond donors (Lipinski definition) is 1. The molecule has 92 valence electrons. The second-order valence-electron chi connectivity index (χ2n) is 3.60. The molecule has 1 aromatic carbocycles.